The van der Waals surface area contributed by atoms with E-state index in [1.165, 1.54) is 17.4 Å². The lowest BCUT2D eigenvalue weighted by Gasteiger charge is -2.18. The summed E-state index contributed by atoms with van der Waals surface area (Å²) in [6.45, 7) is 4.00. The Morgan fingerprint density at radius 1 is 1.00 bits per heavy atom. The molecule has 4 rings (SSSR count). The molecule has 0 radical (unpaired) electrons. The van der Waals surface area contributed by atoms with Crippen LogP contribution in [-0.2, 0) is 0 Å². The number of para-hydroxylation sites is 1. The van der Waals surface area contributed by atoms with Gasteiger partial charge in [-0.1, -0.05) is 41.4 Å². The maximum absolute atomic E-state index is 14.6. The van der Waals surface area contributed by atoms with Crippen molar-refractivity contribution < 1.29 is 4.39 Å². The first-order valence-corrected chi connectivity index (χ1v) is 10.3. The van der Waals surface area contributed by atoms with Crippen LogP contribution in [-0.4, -0.2) is 16.0 Å². The van der Waals surface area contributed by atoms with Crippen molar-refractivity contribution in [1.29, 1.82) is 0 Å². The molecule has 1 N–H and O–H groups in total. The summed E-state index contributed by atoms with van der Waals surface area (Å²) in [5, 5.41) is 4.54. The zero-order valence-electron chi connectivity index (χ0n) is 15.1. The molecule has 0 aliphatic rings. The van der Waals surface area contributed by atoms with E-state index in [4.69, 9.17) is 23.2 Å². The summed E-state index contributed by atoms with van der Waals surface area (Å²) in [6, 6.07) is 14.4. The van der Waals surface area contributed by atoms with Gasteiger partial charge in [0.1, 0.15) is 21.7 Å². The first-order valence-electron chi connectivity index (χ1n) is 8.71. The second-order valence-electron chi connectivity index (χ2n) is 6.60. The van der Waals surface area contributed by atoms with Crippen molar-refractivity contribution in [2.45, 2.75) is 19.9 Å². The van der Waals surface area contributed by atoms with Crippen molar-refractivity contribution in [2.24, 2.45) is 0 Å². The molecule has 0 spiro atoms. The first-order chi connectivity index (χ1) is 13.4. The largest absolute Gasteiger partial charge is 0.382 e. The van der Waals surface area contributed by atoms with Gasteiger partial charge >= 0.3 is 0 Å². The minimum atomic E-state index is -0.448. The fourth-order valence-electron chi connectivity index (χ4n) is 3.00. The van der Waals surface area contributed by atoms with Crippen molar-refractivity contribution >= 4 is 50.4 Å². The molecule has 0 bridgehead atoms. The van der Waals surface area contributed by atoms with Gasteiger partial charge in [0.2, 0.25) is 0 Å². The number of anilines is 1. The number of benzene rings is 2. The van der Waals surface area contributed by atoms with Crippen LogP contribution in [0.25, 0.3) is 32.0 Å². The second kappa shape index (κ2) is 7.66. The fourth-order valence-corrected chi connectivity index (χ4v) is 4.48. The maximum Gasteiger partial charge on any atom is 0.143 e. The lowest BCUT2D eigenvalue weighted by molar-refractivity contribution is 0.631. The molecule has 3 nitrogen and oxygen atoms in total. The SMILES string of the molecule is CC(C)Nc1cc(-c2nc3ccccc3s2)nc(Cl)c1-c1c(F)cccc1Cl. The molecular formula is C21H16Cl2FN3S. The van der Waals surface area contributed by atoms with Gasteiger partial charge in [-0.2, -0.15) is 0 Å². The molecular weight excluding hydrogens is 416 g/mol. The number of thiazole rings is 1. The normalized spacial score (nSPS) is 11.4. The van der Waals surface area contributed by atoms with E-state index < -0.39 is 5.82 Å². The van der Waals surface area contributed by atoms with E-state index >= 15 is 0 Å². The Morgan fingerprint density at radius 2 is 1.79 bits per heavy atom. The lowest BCUT2D eigenvalue weighted by atomic mass is 10.0. The number of halogens is 3. The highest BCUT2D eigenvalue weighted by Gasteiger charge is 2.21. The van der Waals surface area contributed by atoms with Gasteiger partial charge in [-0.05, 0) is 44.2 Å². The number of hydrogen-bond donors (Lipinski definition) is 1. The highest BCUT2D eigenvalue weighted by Crippen LogP contribution is 2.42. The predicted molar refractivity (Wildman–Crippen MR) is 117 cm³/mol. The van der Waals surface area contributed by atoms with Crippen LogP contribution in [0.2, 0.25) is 10.2 Å². The van der Waals surface area contributed by atoms with Crippen LogP contribution in [0.5, 0.6) is 0 Å². The molecule has 2 aromatic carbocycles. The van der Waals surface area contributed by atoms with E-state index in [9.17, 15) is 4.39 Å². The van der Waals surface area contributed by atoms with E-state index in [-0.39, 0.29) is 21.8 Å². The number of hydrogen-bond acceptors (Lipinski definition) is 4. The van der Waals surface area contributed by atoms with E-state index in [0.717, 1.165) is 15.2 Å². The van der Waals surface area contributed by atoms with Gasteiger partial charge in [0.05, 0.1) is 15.2 Å². The van der Waals surface area contributed by atoms with Crippen molar-refractivity contribution in [3.8, 4) is 21.8 Å². The van der Waals surface area contributed by atoms with Gasteiger partial charge in [-0.15, -0.1) is 11.3 Å². The highest BCUT2D eigenvalue weighted by molar-refractivity contribution is 7.21. The van der Waals surface area contributed by atoms with Gasteiger partial charge in [-0.25, -0.2) is 14.4 Å². The Kier molecular flexibility index (Phi) is 5.23. The Morgan fingerprint density at radius 3 is 2.50 bits per heavy atom. The smallest absolute Gasteiger partial charge is 0.143 e. The number of nitrogens with one attached hydrogen (secondary N) is 1. The van der Waals surface area contributed by atoms with Gasteiger partial charge in [0.25, 0.3) is 0 Å². The molecule has 28 heavy (non-hydrogen) atoms. The van der Waals surface area contributed by atoms with Crippen LogP contribution in [0.4, 0.5) is 10.1 Å². The number of pyridine rings is 1. The quantitative estimate of drug-likeness (QED) is 0.344. The van der Waals surface area contributed by atoms with Crippen LogP contribution in [0.15, 0.2) is 48.5 Å². The second-order valence-corrected chi connectivity index (χ2v) is 8.40. The van der Waals surface area contributed by atoms with Crippen molar-refractivity contribution in [2.75, 3.05) is 5.32 Å². The van der Waals surface area contributed by atoms with Gasteiger partial charge < -0.3 is 5.32 Å². The summed E-state index contributed by atoms with van der Waals surface area (Å²) >= 11 is 14.4. The third kappa shape index (κ3) is 3.58. The summed E-state index contributed by atoms with van der Waals surface area (Å²) in [5.41, 5.74) is 2.88. The van der Waals surface area contributed by atoms with Gasteiger partial charge in [0, 0.05) is 22.9 Å². The van der Waals surface area contributed by atoms with E-state index in [0.29, 0.717) is 16.9 Å². The molecule has 7 heteroatoms. The molecule has 142 valence electrons. The predicted octanol–water partition coefficient (Wildman–Crippen LogP) is 7.29. The number of fused-ring (bicyclic) bond motifs is 1. The van der Waals surface area contributed by atoms with E-state index in [1.54, 1.807) is 12.1 Å². The Hall–Kier alpha value is -2.21. The molecule has 0 saturated heterocycles. The van der Waals surface area contributed by atoms with E-state index in [2.05, 4.69) is 15.3 Å². The number of aromatic nitrogens is 2. The van der Waals surface area contributed by atoms with Gasteiger partial charge in [0.15, 0.2) is 0 Å². The first kappa shape index (κ1) is 19.1. The zero-order chi connectivity index (χ0) is 19.8. The third-order valence-electron chi connectivity index (χ3n) is 4.15. The number of nitrogens with zero attached hydrogens (tertiary/aromatic N) is 2. The topological polar surface area (TPSA) is 37.8 Å². The summed E-state index contributed by atoms with van der Waals surface area (Å²) in [4.78, 5) is 9.16. The summed E-state index contributed by atoms with van der Waals surface area (Å²) in [7, 11) is 0. The minimum absolute atomic E-state index is 0.103. The maximum atomic E-state index is 14.6. The molecule has 2 heterocycles. The Bertz CT molecular complexity index is 1120. The Labute approximate surface area is 176 Å². The minimum Gasteiger partial charge on any atom is -0.382 e. The van der Waals surface area contributed by atoms with Crippen LogP contribution < -0.4 is 5.32 Å². The van der Waals surface area contributed by atoms with Crippen molar-refractivity contribution in [3.63, 3.8) is 0 Å². The number of rotatable bonds is 4. The summed E-state index contributed by atoms with van der Waals surface area (Å²) < 4.78 is 15.7. The molecule has 0 unspecified atom stereocenters. The molecule has 0 saturated carbocycles. The fraction of sp³-hybridized carbons (Fsp3) is 0.143. The van der Waals surface area contributed by atoms with Crippen LogP contribution in [0.3, 0.4) is 0 Å². The highest BCUT2D eigenvalue weighted by atomic mass is 35.5. The zero-order valence-corrected chi connectivity index (χ0v) is 17.5. The monoisotopic (exact) mass is 431 g/mol. The summed E-state index contributed by atoms with van der Waals surface area (Å²) in [5.74, 6) is -0.448. The molecule has 0 amide bonds. The lowest BCUT2D eigenvalue weighted by Crippen LogP contribution is -2.11. The molecule has 0 atom stereocenters. The van der Waals surface area contributed by atoms with Gasteiger partial charge in [-0.3, -0.25) is 0 Å². The van der Waals surface area contributed by atoms with Crippen LogP contribution in [0.1, 0.15) is 13.8 Å². The molecule has 0 aliphatic carbocycles. The van der Waals surface area contributed by atoms with Crippen LogP contribution in [0, 0.1) is 5.82 Å². The molecule has 4 aromatic rings. The molecule has 2 aromatic heterocycles. The van der Waals surface area contributed by atoms with Crippen molar-refractivity contribution in [3.05, 3.63) is 64.5 Å². The Balaban J connectivity index is 1.93. The molecule has 0 fully saturated rings. The summed E-state index contributed by atoms with van der Waals surface area (Å²) in [6.07, 6.45) is 0. The average Bonchev–Trinajstić information content (AvgIpc) is 3.07. The third-order valence-corrected chi connectivity index (χ3v) is 5.79. The van der Waals surface area contributed by atoms with Crippen LogP contribution >= 0.6 is 34.5 Å². The molecule has 0 aliphatic heterocycles. The van der Waals surface area contributed by atoms with Crippen molar-refractivity contribution in [1.82, 2.24) is 9.97 Å². The average molecular weight is 432 g/mol. The van der Waals surface area contributed by atoms with E-state index in [1.807, 2.05) is 44.2 Å². The standard InChI is InChI=1S/C21H16Cl2FN3S/c1-11(2)25-15-10-16(21-27-14-8-3-4-9-17(14)28-21)26-20(23)19(15)18-12(22)6-5-7-13(18)24/h3-11H,1-2H3,(H,25,26).